The van der Waals surface area contributed by atoms with Crippen molar-refractivity contribution in [1.29, 1.82) is 0 Å². The van der Waals surface area contributed by atoms with Crippen LogP contribution >= 0.6 is 11.6 Å². The van der Waals surface area contributed by atoms with Gasteiger partial charge in [-0.05, 0) is 31.5 Å². The monoisotopic (exact) mass is 440 g/mol. The first-order valence-corrected chi connectivity index (χ1v) is 10.7. The van der Waals surface area contributed by atoms with Crippen molar-refractivity contribution in [2.45, 2.75) is 19.4 Å². The molecule has 4 amide bonds. The predicted octanol–water partition coefficient (Wildman–Crippen LogP) is 2.76. The molecule has 2 aliphatic heterocycles. The summed E-state index contributed by atoms with van der Waals surface area (Å²) >= 11 is 6.28. The molecule has 2 saturated heterocycles. The number of para-hydroxylation sites is 1. The molecule has 7 nitrogen and oxygen atoms in total. The molecule has 0 aliphatic carbocycles. The molecule has 0 saturated carbocycles. The van der Waals surface area contributed by atoms with E-state index < -0.39 is 17.5 Å². The highest BCUT2D eigenvalue weighted by Gasteiger charge is 2.49. The molecule has 0 radical (unpaired) electrons. The minimum absolute atomic E-state index is 0.240. The summed E-state index contributed by atoms with van der Waals surface area (Å²) in [6.07, 6.45) is 0. The molecule has 1 unspecified atom stereocenters. The summed E-state index contributed by atoms with van der Waals surface area (Å²) in [4.78, 5) is 43.3. The highest BCUT2D eigenvalue weighted by atomic mass is 35.5. The van der Waals surface area contributed by atoms with Gasteiger partial charge in [0.2, 0.25) is 5.91 Å². The number of anilines is 1. The van der Waals surface area contributed by atoms with Crippen LogP contribution in [0.3, 0.4) is 0 Å². The largest absolute Gasteiger partial charge is 0.367 e. The molecule has 2 heterocycles. The molecule has 2 aliphatic rings. The Kier molecular flexibility index (Phi) is 5.62. The van der Waals surface area contributed by atoms with E-state index in [1.807, 2.05) is 55.5 Å². The quantitative estimate of drug-likeness (QED) is 0.742. The van der Waals surface area contributed by atoms with Crippen LogP contribution in [0.4, 0.5) is 10.5 Å². The fourth-order valence-electron chi connectivity index (χ4n) is 4.06. The molecular formula is C23H25ClN4O3. The number of rotatable bonds is 4. The molecule has 4 rings (SSSR count). The molecule has 0 spiro atoms. The lowest BCUT2D eigenvalue weighted by atomic mass is 9.91. The van der Waals surface area contributed by atoms with Crippen molar-refractivity contribution < 1.29 is 14.4 Å². The van der Waals surface area contributed by atoms with Gasteiger partial charge in [0.15, 0.2) is 0 Å². The molecule has 2 aromatic rings. The molecule has 0 aromatic heterocycles. The maximum absolute atomic E-state index is 13.1. The summed E-state index contributed by atoms with van der Waals surface area (Å²) in [6.45, 7) is 5.64. The van der Waals surface area contributed by atoms with E-state index in [0.717, 1.165) is 16.2 Å². The first-order chi connectivity index (χ1) is 14.8. The Balaban J connectivity index is 1.40. The van der Waals surface area contributed by atoms with Crippen molar-refractivity contribution in [3.05, 3.63) is 64.7 Å². The van der Waals surface area contributed by atoms with Crippen molar-refractivity contribution in [3.63, 3.8) is 0 Å². The predicted molar refractivity (Wildman–Crippen MR) is 119 cm³/mol. The number of carbonyl (C=O) groups excluding carboxylic acids is 3. The summed E-state index contributed by atoms with van der Waals surface area (Å²) in [7, 11) is 0. The SMILES string of the molecule is Cc1ccc(C2(C)NC(=O)N(CC(=O)N3CCN(c4ccccc4Cl)CC3)C2=O)cc1. The molecule has 2 aromatic carbocycles. The zero-order chi connectivity index (χ0) is 22.2. The number of carbonyl (C=O) groups is 3. The lowest BCUT2D eigenvalue weighted by Crippen LogP contribution is -2.52. The number of piperazine rings is 1. The molecule has 2 fully saturated rings. The third kappa shape index (κ3) is 3.97. The summed E-state index contributed by atoms with van der Waals surface area (Å²) < 4.78 is 0. The molecule has 8 heteroatoms. The summed E-state index contributed by atoms with van der Waals surface area (Å²) in [5.74, 6) is -0.653. The van der Waals surface area contributed by atoms with E-state index in [4.69, 9.17) is 11.6 Å². The van der Waals surface area contributed by atoms with Crippen LogP contribution < -0.4 is 10.2 Å². The van der Waals surface area contributed by atoms with Crippen LogP contribution in [0.5, 0.6) is 0 Å². The number of benzene rings is 2. The average Bonchev–Trinajstić information content (AvgIpc) is 2.98. The number of hydrogen-bond acceptors (Lipinski definition) is 4. The van der Waals surface area contributed by atoms with Gasteiger partial charge < -0.3 is 15.1 Å². The maximum atomic E-state index is 13.1. The van der Waals surface area contributed by atoms with E-state index in [9.17, 15) is 14.4 Å². The Labute approximate surface area is 186 Å². The van der Waals surface area contributed by atoms with Crippen molar-refractivity contribution in [3.8, 4) is 0 Å². The highest BCUT2D eigenvalue weighted by Crippen LogP contribution is 2.29. The molecule has 1 atom stereocenters. The Morgan fingerprint density at radius 3 is 2.32 bits per heavy atom. The van der Waals surface area contributed by atoms with Gasteiger partial charge in [0.25, 0.3) is 5.91 Å². The van der Waals surface area contributed by atoms with Crippen molar-refractivity contribution in [2.24, 2.45) is 0 Å². The maximum Gasteiger partial charge on any atom is 0.325 e. The molecule has 1 N–H and O–H groups in total. The van der Waals surface area contributed by atoms with Crippen LogP contribution in [-0.4, -0.2) is 60.4 Å². The van der Waals surface area contributed by atoms with Gasteiger partial charge in [-0.1, -0.05) is 53.6 Å². The normalized spacial score (nSPS) is 21.5. The first kappa shape index (κ1) is 21.2. The molecular weight excluding hydrogens is 416 g/mol. The van der Waals surface area contributed by atoms with Gasteiger partial charge in [0.1, 0.15) is 12.1 Å². The van der Waals surface area contributed by atoms with Crippen molar-refractivity contribution in [2.75, 3.05) is 37.6 Å². The zero-order valence-corrected chi connectivity index (χ0v) is 18.4. The van der Waals surface area contributed by atoms with E-state index in [1.165, 1.54) is 0 Å². The standard InChI is InChI=1S/C23H25ClN4O3/c1-16-7-9-17(10-8-16)23(2)21(30)28(22(31)25-23)15-20(29)27-13-11-26(12-14-27)19-6-4-3-5-18(19)24/h3-10H,11-15H2,1-2H3,(H,25,31). The number of halogens is 1. The average molecular weight is 441 g/mol. The van der Waals surface area contributed by atoms with Gasteiger partial charge in [0, 0.05) is 26.2 Å². The third-order valence-electron chi connectivity index (χ3n) is 6.02. The van der Waals surface area contributed by atoms with Crippen LogP contribution in [0.25, 0.3) is 0 Å². The smallest absolute Gasteiger partial charge is 0.325 e. The van der Waals surface area contributed by atoms with Crippen molar-refractivity contribution >= 4 is 35.1 Å². The van der Waals surface area contributed by atoms with Crippen molar-refractivity contribution in [1.82, 2.24) is 15.1 Å². The van der Waals surface area contributed by atoms with E-state index in [-0.39, 0.29) is 12.5 Å². The van der Waals surface area contributed by atoms with Crippen LogP contribution in [0, 0.1) is 6.92 Å². The Hall–Kier alpha value is -3.06. The van der Waals surface area contributed by atoms with E-state index in [1.54, 1.807) is 11.8 Å². The minimum atomic E-state index is -1.17. The number of imide groups is 1. The van der Waals surface area contributed by atoms with Crippen LogP contribution in [-0.2, 0) is 15.1 Å². The van der Waals surface area contributed by atoms with Crippen LogP contribution in [0.1, 0.15) is 18.1 Å². The Morgan fingerprint density at radius 2 is 1.68 bits per heavy atom. The molecule has 31 heavy (non-hydrogen) atoms. The molecule has 162 valence electrons. The van der Waals surface area contributed by atoms with Crippen LogP contribution in [0.2, 0.25) is 5.02 Å². The van der Waals surface area contributed by atoms with Gasteiger partial charge in [-0.2, -0.15) is 0 Å². The zero-order valence-electron chi connectivity index (χ0n) is 17.6. The lowest BCUT2D eigenvalue weighted by Gasteiger charge is -2.36. The summed E-state index contributed by atoms with van der Waals surface area (Å²) in [5, 5.41) is 3.43. The third-order valence-corrected chi connectivity index (χ3v) is 6.34. The van der Waals surface area contributed by atoms with E-state index >= 15 is 0 Å². The van der Waals surface area contributed by atoms with Crippen LogP contribution in [0.15, 0.2) is 48.5 Å². The minimum Gasteiger partial charge on any atom is -0.367 e. The second-order valence-corrected chi connectivity index (χ2v) is 8.54. The Morgan fingerprint density at radius 1 is 1.03 bits per heavy atom. The summed E-state index contributed by atoms with van der Waals surface area (Å²) in [6, 6.07) is 14.5. The highest BCUT2D eigenvalue weighted by molar-refractivity contribution is 6.33. The van der Waals surface area contributed by atoms with E-state index in [0.29, 0.717) is 36.8 Å². The molecule has 0 bridgehead atoms. The number of urea groups is 1. The van der Waals surface area contributed by atoms with E-state index in [2.05, 4.69) is 10.2 Å². The number of hydrogen-bond donors (Lipinski definition) is 1. The van der Waals surface area contributed by atoms with Gasteiger partial charge in [-0.25, -0.2) is 4.79 Å². The second kappa shape index (κ2) is 8.23. The van der Waals surface area contributed by atoms with Gasteiger partial charge in [0.05, 0.1) is 10.7 Å². The second-order valence-electron chi connectivity index (χ2n) is 8.13. The first-order valence-electron chi connectivity index (χ1n) is 10.3. The Bertz CT molecular complexity index is 1020. The number of amides is 4. The number of nitrogens with one attached hydrogen (secondary N) is 1. The lowest BCUT2D eigenvalue weighted by molar-refractivity contribution is -0.139. The number of aryl methyl sites for hydroxylation is 1. The van der Waals surface area contributed by atoms with Gasteiger partial charge in [-0.3, -0.25) is 14.5 Å². The van der Waals surface area contributed by atoms with Gasteiger partial charge >= 0.3 is 6.03 Å². The fraction of sp³-hybridized carbons (Fsp3) is 0.348. The number of nitrogens with zero attached hydrogens (tertiary/aromatic N) is 3. The van der Waals surface area contributed by atoms with Gasteiger partial charge in [-0.15, -0.1) is 0 Å². The summed E-state index contributed by atoms with van der Waals surface area (Å²) in [5.41, 5.74) is 1.53. The fourth-order valence-corrected chi connectivity index (χ4v) is 4.32. The topological polar surface area (TPSA) is 73.0 Å².